The van der Waals surface area contributed by atoms with Crippen molar-refractivity contribution in [1.82, 2.24) is 14.8 Å². The van der Waals surface area contributed by atoms with E-state index in [0.717, 1.165) is 5.69 Å². The molecule has 0 radical (unpaired) electrons. The van der Waals surface area contributed by atoms with Gasteiger partial charge in [0, 0.05) is 31.5 Å². The molecule has 152 valence electrons. The molecule has 0 saturated carbocycles. The number of anilines is 3. The zero-order valence-electron chi connectivity index (χ0n) is 16.6. The van der Waals surface area contributed by atoms with Crippen molar-refractivity contribution in [3.05, 3.63) is 47.8 Å². The first-order valence-electron chi connectivity index (χ1n) is 8.84. The van der Waals surface area contributed by atoms with Crippen molar-refractivity contribution in [3.8, 4) is 17.1 Å². The molecule has 0 atom stereocenters. The number of nitrogens with zero attached hydrogens (tertiary/aromatic N) is 4. The van der Waals surface area contributed by atoms with Crippen molar-refractivity contribution < 1.29 is 19.0 Å². The number of aliphatic hydroxyl groups excluding tert-OH is 1. The molecule has 3 aromatic rings. The highest BCUT2D eigenvalue weighted by Crippen LogP contribution is 2.33. The molecule has 1 aromatic heterocycles. The second-order valence-electron chi connectivity index (χ2n) is 6.50. The third-order valence-electron chi connectivity index (χ3n) is 4.55. The maximum atomic E-state index is 13.6. The van der Waals surface area contributed by atoms with Gasteiger partial charge < -0.3 is 20.1 Å². The summed E-state index contributed by atoms with van der Waals surface area (Å²) >= 11 is 0. The number of hydrogen-bond donors (Lipinski definition) is 2. The van der Waals surface area contributed by atoms with Crippen LogP contribution in [0.25, 0.3) is 11.4 Å². The topological polar surface area (TPSA) is 92.5 Å². The van der Waals surface area contributed by atoms with E-state index in [4.69, 9.17) is 9.84 Å². The zero-order chi connectivity index (χ0) is 21.1. The van der Waals surface area contributed by atoms with Crippen LogP contribution in [0.3, 0.4) is 0 Å². The zero-order valence-corrected chi connectivity index (χ0v) is 16.6. The maximum absolute atomic E-state index is 13.6. The number of halogens is 1. The number of carbonyl (C=O) groups excluding carboxylic acids is 1. The van der Waals surface area contributed by atoms with Gasteiger partial charge in [0.25, 0.3) is 0 Å². The van der Waals surface area contributed by atoms with Crippen molar-refractivity contribution >= 4 is 23.2 Å². The van der Waals surface area contributed by atoms with E-state index >= 15 is 0 Å². The van der Waals surface area contributed by atoms with Crippen LogP contribution in [0.1, 0.15) is 5.56 Å². The van der Waals surface area contributed by atoms with Gasteiger partial charge in [-0.3, -0.25) is 9.36 Å². The van der Waals surface area contributed by atoms with Gasteiger partial charge in [-0.1, -0.05) is 0 Å². The van der Waals surface area contributed by atoms with Crippen molar-refractivity contribution in [2.24, 2.45) is 7.05 Å². The second-order valence-corrected chi connectivity index (χ2v) is 6.50. The summed E-state index contributed by atoms with van der Waals surface area (Å²) in [7, 11) is 5.16. The van der Waals surface area contributed by atoms with Crippen LogP contribution >= 0.6 is 0 Å². The summed E-state index contributed by atoms with van der Waals surface area (Å²) in [4.78, 5) is 13.2. The predicted molar refractivity (Wildman–Crippen MR) is 108 cm³/mol. The fraction of sp³-hybridized carbons (Fsp3) is 0.250. The van der Waals surface area contributed by atoms with Gasteiger partial charge in [0.2, 0.25) is 11.9 Å². The normalized spacial score (nSPS) is 10.7. The fourth-order valence-electron chi connectivity index (χ4n) is 2.95. The van der Waals surface area contributed by atoms with Gasteiger partial charge >= 0.3 is 0 Å². The predicted octanol–water partition coefficient (Wildman–Crippen LogP) is 2.64. The van der Waals surface area contributed by atoms with Gasteiger partial charge in [-0.15, -0.1) is 10.2 Å². The van der Waals surface area contributed by atoms with Gasteiger partial charge in [-0.2, -0.15) is 0 Å². The van der Waals surface area contributed by atoms with Gasteiger partial charge in [0.05, 0.1) is 12.7 Å². The highest BCUT2D eigenvalue weighted by atomic mass is 19.1. The molecule has 0 fully saturated rings. The molecule has 3 rings (SSSR count). The number of aromatic nitrogens is 3. The lowest BCUT2D eigenvalue weighted by Gasteiger charge is -2.19. The Bertz CT molecular complexity index is 1050. The molecule has 29 heavy (non-hydrogen) atoms. The molecule has 8 nitrogen and oxygen atoms in total. The molecule has 9 heteroatoms. The van der Waals surface area contributed by atoms with Crippen LogP contribution in [-0.4, -0.2) is 46.5 Å². The summed E-state index contributed by atoms with van der Waals surface area (Å²) < 4.78 is 20.8. The molecular formula is C20H22FN5O3. The summed E-state index contributed by atoms with van der Waals surface area (Å²) in [6.45, 7) is 1.10. The largest absolute Gasteiger partial charge is 0.496 e. The van der Waals surface area contributed by atoms with E-state index < -0.39 is 12.5 Å². The van der Waals surface area contributed by atoms with Crippen LogP contribution < -0.4 is 15.0 Å². The highest BCUT2D eigenvalue weighted by molar-refractivity contribution is 5.92. The number of benzene rings is 2. The van der Waals surface area contributed by atoms with Crippen LogP contribution in [0.2, 0.25) is 0 Å². The summed E-state index contributed by atoms with van der Waals surface area (Å²) in [6, 6.07) is 9.92. The first-order valence-corrected chi connectivity index (χ1v) is 8.84. The molecule has 1 amide bonds. The van der Waals surface area contributed by atoms with E-state index in [1.54, 1.807) is 41.8 Å². The molecule has 0 bridgehead atoms. The Labute approximate surface area is 167 Å². The lowest BCUT2D eigenvalue weighted by Crippen LogP contribution is -2.15. The first kappa shape index (κ1) is 20.3. The number of ether oxygens (including phenoxy) is 1. The smallest absolute Gasteiger partial charge is 0.250 e. The van der Waals surface area contributed by atoms with Gasteiger partial charge in [0.15, 0.2) is 5.82 Å². The van der Waals surface area contributed by atoms with Crippen molar-refractivity contribution in [2.75, 3.05) is 31.0 Å². The SMILES string of the molecule is COc1cc(NC(=O)CO)ccc1-c1nnc(N(C)c2ccc(F)c(C)c2)n1C. The number of carbonyl (C=O) groups is 1. The fourth-order valence-corrected chi connectivity index (χ4v) is 2.95. The van der Waals surface area contributed by atoms with E-state index in [-0.39, 0.29) is 5.82 Å². The number of methoxy groups -OCH3 is 1. The standard InChI is InChI=1S/C20H22FN5O3/c1-12-9-14(6-8-16(12)21)25(2)20-24-23-19(26(20)3)15-7-5-13(10-17(15)29-4)22-18(28)11-27/h5-10,27H,11H2,1-4H3,(H,22,28). The Morgan fingerprint density at radius 3 is 2.69 bits per heavy atom. The minimum absolute atomic E-state index is 0.265. The number of amides is 1. The molecule has 0 unspecified atom stereocenters. The average molecular weight is 399 g/mol. The van der Waals surface area contributed by atoms with Crippen molar-refractivity contribution in [1.29, 1.82) is 0 Å². The number of aliphatic hydroxyl groups is 1. The summed E-state index contributed by atoms with van der Waals surface area (Å²) in [5.41, 5.74) is 2.49. The maximum Gasteiger partial charge on any atom is 0.250 e. The third kappa shape index (κ3) is 4.04. The lowest BCUT2D eigenvalue weighted by atomic mass is 10.1. The molecule has 0 aliphatic heterocycles. The van der Waals surface area contributed by atoms with Gasteiger partial charge in [-0.05, 0) is 42.8 Å². The quantitative estimate of drug-likeness (QED) is 0.662. The van der Waals surface area contributed by atoms with Gasteiger partial charge in [0.1, 0.15) is 18.2 Å². The molecular weight excluding hydrogens is 377 g/mol. The number of rotatable bonds is 6. The van der Waals surface area contributed by atoms with Crippen molar-refractivity contribution in [3.63, 3.8) is 0 Å². The van der Waals surface area contributed by atoms with E-state index in [1.807, 2.05) is 19.0 Å². The molecule has 1 heterocycles. The minimum atomic E-state index is -0.605. The molecule has 2 aromatic carbocycles. The summed E-state index contributed by atoms with van der Waals surface area (Å²) in [6.07, 6.45) is 0. The van der Waals surface area contributed by atoms with Crippen LogP contribution in [0, 0.1) is 12.7 Å². The van der Waals surface area contributed by atoms with E-state index in [1.165, 1.54) is 13.2 Å². The Balaban J connectivity index is 1.96. The molecule has 0 aliphatic carbocycles. The van der Waals surface area contributed by atoms with Crippen LogP contribution in [0.5, 0.6) is 5.75 Å². The van der Waals surface area contributed by atoms with Crippen LogP contribution in [0.15, 0.2) is 36.4 Å². The average Bonchev–Trinajstić information content (AvgIpc) is 3.10. The van der Waals surface area contributed by atoms with Gasteiger partial charge in [-0.25, -0.2) is 4.39 Å². The molecule has 0 spiro atoms. The molecule has 2 N–H and O–H groups in total. The monoisotopic (exact) mass is 399 g/mol. The first-order chi connectivity index (χ1) is 13.8. The molecule has 0 aliphatic rings. The highest BCUT2D eigenvalue weighted by Gasteiger charge is 2.19. The third-order valence-corrected chi connectivity index (χ3v) is 4.55. The Morgan fingerprint density at radius 2 is 2.03 bits per heavy atom. The second kappa shape index (κ2) is 8.27. The van der Waals surface area contributed by atoms with E-state index in [0.29, 0.717) is 34.3 Å². The van der Waals surface area contributed by atoms with Crippen molar-refractivity contribution in [2.45, 2.75) is 6.92 Å². The molecule has 0 saturated heterocycles. The number of hydrogen-bond acceptors (Lipinski definition) is 6. The van der Waals surface area contributed by atoms with Crippen LogP contribution in [-0.2, 0) is 11.8 Å². The minimum Gasteiger partial charge on any atom is -0.496 e. The Hall–Kier alpha value is -3.46. The number of nitrogens with one attached hydrogen (secondary N) is 1. The van der Waals surface area contributed by atoms with E-state index in [2.05, 4.69) is 15.5 Å². The lowest BCUT2D eigenvalue weighted by molar-refractivity contribution is -0.118. The summed E-state index contributed by atoms with van der Waals surface area (Å²) in [5.74, 6) is 0.826. The Kier molecular flexibility index (Phi) is 5.79. The Morgan fingerprint density at radius 1 is 1.28 bits per heavy atom. The van der Waals surface area contributed by atoms with E-state index in [9.17, 15) is 9.18 Å². The van der Waals surface area contributed by atoms with Crippen LogP contribution in [0.4, 0.5) is 21.7 Å². The summed E-state index contributed by atoms with van der Waals surface area (Å²) in [5, 5.41) is 20.0. The number of aryl methyl sites for hydroxylation is 1.